The maximum absolute atomic E-state index is 11.3. The molecule has 1 aliphatic heterocycles. The first kappa shape index (κ1) is 10.6. The van der Waals surface area contributed by atoms with Gasteiger partial charge in [0.1, 0.15) is 0 Å². The molecule has 0 unspecified atom stereocenters. The molecule has 1 heterocycles. The van der Waals surface area contributed by atoms with Gasteiger partial charge in [-0.25, -0.2) is 4.79 Å². The smallest absolute Gasteiger partial charge is 0.333 e. The van der Waals surface area contributed by atoms with Crippen molar-refractivity contribution in [3.63, 3.8) is 0 Å². The molecule has 84 valence electrons. The highest BCUT2D eigenvalue weighted by molar-refractivity contribution is 5.88. The van der Waals surface area contributed by atoms with Crippen LogP contribution in [0.25, 0.3) is 0 Å². The average Bonchev–Trinajstić information content (AvgIpc) is 2.49. The van der Waals surface area contributed by atoms with Gasteiger partial charge in [-0.15, -0.1) is 0 Å². The SMILES string of the molecule is COC(=O)C1=CC[C@@H]2OC(C)(C)O[C@@H]2C1. The van der Waals surface area contributed by atoms with Gasteiger partial charge in [0, 0.05) is 12.0 Å². The van der Waals surface area contributed by atoms with Crippen LogP contribution in [0.15, 0.2) is 11.6 Å². The van der Waals surface area contributed by atoms with E-state index >= 15 is 0 Å². The Labute approximate surface area is 89.2 Å². The normalized spacial score (nSPS) is 33.1. The fourth-order valence-corrected chi connectivity index (χ4v) is 2.14. The Morgan fingerprint density at radius 1 is 1.47 bits per heavy atom. The number of fused-ring (bicyclic) bond motifs is 1. The Hall–Kier alpha value is -0.870. The summed E-state index contributed by atoms with van der Waals surface area (Å²) in [6.07, 6.45) is 3.25. The van der Waals surface area contributed by atoms with Crippen molar-refractivity contribution in [1.29, 1.82) is 0 Å². The van der Waals surface area contributed by atoms with Crippen molar-refractivity contribution in [2.45, 2.75) is 44.7 Å². The number of esters is 1. The molecule has 0 aromatic carbocycles. The van der Waals surface area contributed by atoms with Crippen LogP contribution in [0.2, 0.25) is 0 Å². The molecule has 4 nitrogen and oxygen atoms in total. The summed E-state index contributed by atoms with van der Waals surface area (Å²) in [4.78, 5) is 11.3. The van der Waals surface area contributed by atoms with E-state index in [1.54, 1.807) is 0 Å². The first-order chi connectivity index (χ1) is 7.02. The van der Waals surface area contributed by atoms with Gasteiger partial charge < -0.3 is 14.2 Å². The van der Waals surface area contributed by atoms with Crippen molar-refractivity contribution < 1.29 is 19.0 Å². The maximum Gasteiger partial charge on any atom is 0.333 e. The summed E-state index contributed by atoms with van der Waals surface area (Å²) in [5.41, 5.74) is 0.694. The van der Waals surface area contributed by atoms with Gasteiger partial charge in [0.15, 0.2) is 5.79 Å². The van der Waals surface area contributed by atoms with E-state index in [1.165, 1.54) is 7.11 Å². The average molecular weight is 212 g/mol. The lowest BCUT2D eigenvalue weighted by atomic mass is 9.94. The Morgan fingerprint density at radius 2 is 2.13 bits per heavy atom. The molecule has 2 rings (SSSR count). The fraction of sp³-hybridized carbons (Fsp3) is 0.727. The third-order valence-electron chi connectivity index (χ3n) is 2.75. The van der Waals surface area contributed by atoms with Gasteiger partial charge in [-0.05, 0) is 20.3 Å². The topological polar surface area (TPSA) is 44.8 Å². The Morgan fingerprint density at radius 3 is 2.80 bits per heavy atom. The van der Waals surface area contributed by atoms with Crippen molar-refractivity contribution in [3.05, 3.63) is 11.6 Å². The molecule has 4 heteroatoms. The zero-order chi connectivity index (χ0) is 11.1. The largest absolute Gasteiger partial charge is 0.466 e. The monoisotopic (exact) mass is 212 g/mol. The van der Waals surface area contributed by atoms with Crippen LogP contribution in [0.5, 0.6) is 0 Å². The molecule has 0 saturated carbocycles. The number of ether oxygens (including phenoxy) is 3. The van der Waals surface area contributed by atoms with Crippen LogP contribution in [0.3, 0.4) is 0 Å². The molecule has 2 atom stereocenters. The molecular formula is C11H16O4. The standard InChI is InChI=1S/C11H16O4/c1-11(2)14-8-5-4-7(10(12)13-3)6-9(8)15-11/h4,8-9H,5-6H2,1-3H3/t8-,9+/m0/s1. The van der Waals surface area contributed by atoms with Gasteiger partial charge in [-0.2, -0.15) is 0 Å². The molecular weight excluding hydrogens is 196 g/mol. The first-order valence-electron chi connectivity index (χ1n) is 5.15. The predicted octanol–water partition coefficient (Wildman–Crippen LogP) is 1.40. The number of hydrogen-bond donors (Lipinski definition) is 0. The number of carbonyl (C=O) groups is 1. The highest BCUT2D eigenvalue weighted by Crippen LogP contribution is 2.36. The molecule has 0 N–H and O–H groups in total. The Bertz CT molecular complexity index is 306. The van der Waals surface area contributed by atoms with Gasteiger partial charge in [0.2, 0.25) is 0 Å². The summed E-state index contributed by atoms with van der Waals surface area (Å²) in [5, 5.41) is 0. The molecule has 0 spiro atoms. The van der Waals surface area contributed by atoms with Crippen LogP contribution >= 0.6 is 0 Å². The molecule has 2 aliphatic rings. The van der Waals surface area contributed by atoms with E-state index in [-0.39, 0.29) is 18.2 Å². The van der Waals surface area contributed by atoms with E-state index < -0.39 is 5.79 Å². The molecule has 0 radical (unpaired) electrons. The predicted molar refractivity (Wildman–Crippen MR) is 53.2 cm³/mol. The molecule has 0 amide bonds. The van der Waals surface area contributed by atoms with Crippen LogP contribution in [-0.4, -0.2) is 31.1 Å². The molecule has 0 aromatic rings. The minimum atomic E-state index is -0.533. The Balaban J connectivity index is 2.06. The maximum atomic E-state index is 11.3. The van der Waals surface area contributed by atoms with E-state index in [1.807, 2.05) is 19.9 Å². The van der Waals surface area contributed by atoms with Crippen molar-refractivity contribution in [1.82, 2.24) is 0 Å². The Kier molecular flexibility index (Phi) is 2.56. The van der Waals surface area contributed by atoms with Crippen LogP contribution in [0.1, 0.15) is 26.7 Å². The van der Waals surface area contributed by atoms with Crippen molar-refractivity contribution in [2.24, 2.45) is 0 Å². The first-order valence-corrected chi connectivity index (χ1v) is 5.15. The molecule has 1 fully saturated rings. The minimum Gasteiger partial charge on any atom is -0.466 e. The third kappa shape index (κ3) is 2.06. The highest BCUT2D eigenvalue weighted by Gasteiger charge is 2.43. The van der Waals surface area contributed by atoms with E-state index in [4.69, 9.17) is 9.47 Å². The van der Waals surface area contributed by atoms with E-state index in [2.05, 4.69) is 4.74 Å². The summed E-state index contributed by atoms with van der Waals surface area (Å²) in [5.74, 6) is -0.795. The second kappa shape index (κ2) is 3.61. The van der Waals surface area contributed by atoms with Gasteiger partial charge >= 0.3 is 5.97 Å². The molecule has 0 aromatic heterocycles. The zero-order valence-corrected chi connectivity index (χ0v) is 9.28. The summed E-state index contributed by atoms with van der Waals surface area (Å²) >= 11 is 0. The number of hydrogen-bond acceptors (Lipinski definition) is 4. The summed E-state index contributed by atoms with van der Waals surface area (Å²) in [7, 11) is 1.39. The number of carbonyl (C=O) groups excluding carboxylic acids is 1. The molecule has 15 heavy (non-hydrogen) atoms. The number of methoxy groups -OCH3 is 1. The lowest BCUT2D eigenvalue weighted by Crippen LogP contribution is -2.28. The van der Waals surface area contributed by atoms with E-state index in [9.17, 15) is 4.79 Å². The van der Waals surface area contributed by atoms with Gasteiger partial charge in [-0.1, -0.05) is 6.08 Å². The quantitative estimate of drug-likeness (QED) is 0.616. The van der Waals surface area contributed by atoms with Crippen LogP contribution in [0, 0.1) is 0 Å². The second-order valence-corrected chi connectivity index (χ2v) is 4.37. The molecule has 0 bridgehead atoms. The van der Waals surface area contributed by atoms with Crippen molar-refractivity contribution in [3.8, 4) is 0 Å². The summed E-state index contributed by atoms with van der Waals surface area (Å²) < 4.78 is 16.1. The lowest BCUT2D eigenvalue weighted by Gasteiger charge is -2.21. The summed E-state index contributed by atoms with van der Waals surface area (Å²) in [6.45, 7) is 3.78. The van der Waals surface area contributed by atoms with Gasteiger partial charge in [0.25, 0.3) is 0 Å². The van der Waals surface area contributed by atoms with Gasteiger partial charge in [-0.3, -0.25) is 0 Å². The highest BCUT2D eigenvalue weighted by atomic mass is 16.7. The third-order valence-corrected chi connectivity index (χ3v) is 2.75. The molecule has 1 saturated heterocycles. The lowest BCUT2D eigenvalue weighted by molar-refractivity contribution is -0.146. The summed E-state index contributed by atoms with van der Waals surface area (Å²) in [6, 6.07) is 0. The second-order valence-electron chi connectivity index (χ2n) is 4.37. The zero-order valence-electron chi connectivity index (χ0n) is 9.28. The number of rotatable bonds is 1. The minimum absolute atomic E-state index is 0.0147. The van der Waals surface area contributed by atoms with Crippen molar-refractivity contribution >= 4 is 5.97 Å². The van der Waals surface area contributed by atoms with E-state index in [0.717, 1.165) is 6.42 Å². The van der Waals surface area contributed by atoms with Crippen molar-refractivity contribution in [2.75, 3.05) is 7.11 Å². The van der Waals surface area contributed by atoms with Crippen LogP contribution < -0.4 is 0 Å². The van der Waals surface area contributed by atoms with Crippen LogP contribution in [0.4, 0.5) is 0 Å². The van der Waals surface area contributed by atoms with Gasteiger partial charge in [0.05, 0.1) is 19.3 Å². The molecule has 1 aliphatic carbocycles. The van der Waals surface area contributed by atoms with Crippen LogP contribution in [-0.2, 0) is 19.0 Å². The fourth-order valence-electron chi connectivity index (χ4n) is 2.14. The van der Waals surface area contributed by atoms with E-state index in [0.29, 0.717) is 12.0 Å².